The Morgan fingerprint density at radius 1 is 1.43 bits per heavy atom. The van der Waals surface area contributed by atoms with E-state index in [0.717, 1.165) is 16.5 Å². The van der Waals surface area contributed by atoms with Gasteiger partial charge in [-0.05, 0) is 35.6 Å². The second-order valence-electron chi connectivity index (χ2n) is 5.21. The summed E-state index contributed by atoms with van der Waals surface area (Å²) in [6.45, 7) is 3.19. The van der Waals surface area contributed by atoms with E-state index in [-0.39, 0.29) is 0 Å². The van der Waals surface area contributed by atoms with Crippen LogP contribution in [0, 0.1) is 17.2 Å². The highest BCUT2D eigenvalue weighted by Gasteiger charge is 2.30. The molecule has 0 saturated carbocycles. The topological polar surface area (TPSA) is 92.4 Å². The Labute approximate surface area is 124 Å². The molecule has 1 aromatic carbocycles. The second-order valence-corrected chi connectivity index (χ2v) is 6.98. The summed E-state index contributed by atoms with van der Waals surface area (Å²) in [6.07, 6.45) is 1.58. The van der Waals surface area contributed by atoms with Gasteiger partial charge in [0.25, 0.3) is 0 Å². The number of hydrogen-bond donors (Lipinski definition) is 3. The molecule has 0 aliphatic carbocycles. The average molecular weight is 304 g/mol. The van der Waals surface area contributed by atoms with Crippen molar-refractivity contribution in [1.82, 2.24) is 9.71 Å². The number of nitrogens with one attached hydrogen (secondary N) is 1. The van der Waals surface area contributed by atoms with E-state index >= 15 is 0 Å². The lowest BCUT2D eigenvalue weighted by atomic mass is 10.1. The minimum Gasteiger partial charge on any atom is -0.269 e. The molecule has 0 amide bonds. The largest absolute Gasteiger partial charge is 0.269 e. The molecule has 110 valence electrons. The minimum atomic E-state index is -2.99. The summed E-state index contributed by atoms with van der Waals surface area (Å²) >= 11 is 0. The van der Waals surface area contributed by atoms with Crippen molar-refractivity contribution >= 4 is 27.4 Å². The van der Waals surface area contributed by atoms with Crippen LogP contribution in [0.2, 0.25) is 0 Å². The minimum absolute atomic E-state index is 0.313. The van der Waals surface area contributed by atoms with E-state index in [4.69, 9.17) is 5.26 Å². The number of nitrogens with zero attached hydrogens (tertiary/aromatic N) is 3. The Kier molecular flexibility index (Phi) is 3.47. The molecule has 1 aliphatic heterocycles. The lowest BCUT2D eigenvalue weighted by molar-refractivity contribution is 0.424. The van der Waals surface area contributed by atoms with Gasteiger partial charge < -0.3 is 0 Å². The molecular formula is C14H16N4O2S. The van der Waals surface area contributed by atoms with Crippen molar-refractivity contribution < 1.29 is 9.11 Å². The Balaban J connectivity index is 2.07. The quantitative estimate of drug-likeness (QED) is 0.750. The zero-order valence-electron chi connectivity index (χ0n) is 11.5. The van der Waals surface area contributed by atoms with Gasteiger partial charge in [0.05, 0.1) is 5.69 Å². The molecule has 6 nitrogen and oxygen atoms in total. The van der Waals surface area contributed by atoms with Crippen molar-refractivity contribution in [2.45, 2.75) is 6.92 Å². The fraction of sp³-hybridized carbons (Fsp3) is 0.286. The Morgan fingerprint density at radius 3 is 3.00 bits per heavy atom. The molecule has 3 rings (SSSR count). The molecule has 0 unspecified atom stereocenters. The van der Waals surface area contributed by atoms with Crippen LogP contribution >= 0.6 is 11.0 Å². The first-order valence-electron chi connectivity index (χ1n) is 6.60. The summed E-state index contributed by atoms with van der Waals surface area (Å²) in [6, 6.07) is 9.31. The van der Waals surface area contributed by atoms with Crippen LogP contribution in [-0.4, -0.2) is 27.2 Å². The molecule has 0 spiro atoms. The van der Waals surface area contributed by atoms with E-state index in [1.54, 1.807) is 22.6 Å². The standard InChI is InChI=1S/C14H16N4O2S/c1-10-8-17-21(19,20)18(9-10)12-2-3-13-11(6-12)4-5-16-14(13)7-15/h2-6,10,17,19-20H,8-9H2,1H3/t10-/m0/s1. The van der Waals surface area contributed by atoms with Crippen molar-refractivity contribution in [2.75, 3.05) is 17.4 Å². The molecule has 7 heteroatoms. The summed E-state index contributed by atoms with van der Waals surface area (Å²) < 4.78 is 24.7. The zero-order chi connectivity index (χ0) is 15.0. The van der Waals surface area contributed by atoms with Crippen LogP contribution in [0.15, 0.2) is 30.5 Å². The van der Waals surface area contributed by atoms with Crippen LogP contribution in [0.4, 0.5) is 5.69 Å². The van der Waals surface area contributed by atoms with Crippen LogP contribution in [-0.2, 0) is 0 Å². The van der Waals surface area contributed by atoms with E-state index in [1.807, 2.05) is 19.1 Å². The van der Waals surface area contributed by atoms with E-state index < -0.39 is 11.0 Å². The van der Waals surface area contributed by atoms with Crippen molar-refractivity contribution in [3.63, 3.8) is 0 Å². The van der Waals surface area contributed by atoms with Crippen LogP contribution in [0.1, 0.15) is 12.6 Å². The van der Waals surface area contributed by atoms with Gasteiger partial charge >= 0.3 is 0 Å². The second kappa shape index (κ2) is 5.16. The van der Waals surface area contributed by atoms with Gasteiger partial charge in [-0.1, -0.05) is 17.9 Å². The number of hydrogen-bond acceptors (Lipinski definition) is 6. The van der Waals surface area contributed by atoms with E-state index in [0.29, 0.717) is 24.7 Å². The Morgan fingerprint density at radius 2 is 2.24 bits per heavy atom. The molecule has 1 aliphatic rings. The maximum atomic E-state index is 10.2. The summed E-state index contributed by atoms with van der Waals surface area (Å²) in [5.74, 6) is 0.313. The zero-order valence-corrected chi connectivity index (χ0v) is 12.3. The average Bonchev–Trinajstić information content (AvgIpc) is 2.48. The smallest absolute Gasteiger partial charge is 0.148 e. The first kappa shape index (κ1) is 14.1. The highest BCUT2D eigenvalue weighted by molar-refractivity contribution is 8.23. The fourth-order valence-electron chi connectivity index (χ4n) is 2.45. The number of pyridine rings is 1. The molecule has 1 atom stereocenters. The molecule has 1 fully saturated rings. The van der Waals surface area contributed by atoms with Gasteiger partial charge in [0.1, 0.15) is 11.8 Å². The van der Waals surface area contributed by atoms with Gasteiger partial charge in [0.15, 0.2) is 0 Å². The van der Waals surface area contributed by atoms with Crippen molar-refractivity contribution in [2.24, 2.45) is 5.92 Å². The van der Waals surface area contributed by atoms with E-state index in [1.165, 1.54) is 0 Å². The lowest BCUT2D eigenvalue weighted by Gasteiger charge is -2.49. The summed E-state index contributed by atoms with van der Waals surface area (Å²) in [7, 11) is -2.99. The summed E-state index contributed by atoms with van der Waals surface area (Å²) in [5, 5.41) is 10.7. The SMILES string of the molecule is C[C@H]1CNS(O)(O)N(c2ccc3c(C#N)nccc3c2)C1. The van der Waals surface area contributed by atoms with E-state index in [2.05, 4.69) is 15.8 Å². The molecule has 21 heavy (non-hydrogen) atoms. The summed E-state index contributed by atoms with van der Waals surface area (Å²) in [4.78, 5) is 4.03. The third kappa shape index (κ3) is 2.54. The number of anilines is 1. The number of fused-ring (bicyclic) bond motifs is 1. The number of benzene rings is 1. The Bertz CT molecular complexity index is 728. The van der Waals surface area contributed by atoms with Crippen molar-refractivity contribution in [1.29, 1.82) is 5.26 Å². The van der Waals surface area contributed by atoms with Gasteiger partial charge in [-0.2, -0.15) is 5.26 Å². The van der Waals surface area contributed by atoms with Crippen LogP contribution < -0.4 is 9.03 Å². The third-order valence-corrected chi connectivity index (χ3v) is 5.08. The van der Waals surface area contributed by atoms with Gasteiger partial charge in [-0.15, -0.1) is 0 Å². The van der Waals surface area contributed by atoms with Crippen molar-refractivity contribution in [3.8, 4) is 6.07 Å². The van der Waals surface area contributed by atoms with Gasteiger partial charge in [-0.3, -0.25) is 13.4 Å². The van der Waals surface area contributed by atoms with E-state index in [9.17, 15) is 9.11 Å². The molecule has 1 aromatic heterocycles. The predicted molar refractivity (Wildman–Crippen MR) is 83.8 cm³/mol. The third-order valence-electron chi connectivity index (χ3n) is 3.55. The predicted octanol–water partition coefficient (Wildman–Crippen LogP) is 2.73. The molecule has 2 aromatic rings. The van der Waals surface area contributed by atoms with Crippen LogP contribution in [0.3, 0.4) is 0 Å². The monoisotopic (exact) mass is 304 g/mol. The molecular weight excluding hydrogens is 288 g/mol. The number of rotatable bonds is 1. The maximum absolute atomic E-state index is 10.2. The Hall–Kier alpha value is -1.85. The highest BCUT2D eigenvalue weighted by atomic mass is 32.3. The highest BCUT2D eigenvalue weighted by Crippen LogP contribution is 2.45. The lowest BCUT2D eigenvalue weighted by Crippen LogP contribution is -2.47. The van der Waals surface area contributed by atoms with Gasteiger partial charge in [-0.25, -0.2) is 9.71 Å². The molecule has 0 radical (unpaired) electrons. The normalized spacial score (nSPS) is 22.8. The first-order chi connectivity index (χ1) is 10.0. The molecule has 0 bridgehead atoms. The van der Waals surface area contributed by atoms with Crippen molar-refractivity contribution in [3.05, 3.63) is 36.2 Å². The van der Waals surface area contributed by atoms with Crippen LogP contribution in [0.25, 0.3) is 10.8 Å². The molecule has 2 heterocycles. The summed E-state index contributed by atoms with van der Waals surface area (Å²) in [5.41, 5.74) is 1.09. The van der Waals surface area contributed by atoms with Gasteiger partial charge in [0.2, 0.25) is 0 Å². The number of nitriles is 1. The fourth-order valence-corrected chi connectivity index (χ4v) is 3.98. The number of aromatic nitrogens is 1. The maximum Gasteiger partial charge on any atom is 0.148 e. The first-order valence-corrected chi connectivity index (χ1v) is 8.11. The van der Waals surface area contributed by atoms with Crippen LogP contribution in [0.5, 0.6) is 0 Å². The molecule has 3 N–H and O–H groups in total. The van der Waals surface area contributed by atoms with Gasteiger partial charge in [0, 0.05) is 24.7 Å². The molecule has 1 saturated heterocycles.